The first-order chi connectivity index (χ1) is 6.22. The van der Waals surface area contributed by atoms with E-state index < -0.39 is 0 Å². The van der Waals surface area contributed by atoms with E-state index in [0.29, 0.717) is 5.02 Å². The van der Waals surface area contributed by atoms with Crippen molar-refractivity contribution >= 4 is 23.2 Å². The minimum atomic E-state index is -0.0463. The van der Waals surface area contributed by atoms with E-state index in [9.17, 15) is 4.79 Å². The molecule has 4 heteroatoms. The number of hydrogen-bond acceptors (Lipinski definition) is 2. The summed E-state index contributed by atoms with van der Waals surface area (Å²) in [6.07, 6.45) is 0. The summed E-state index contributed by atoms with van der Waals surface area (Å²) in [4.78, 5) is 10.9. The zero-order valence-corrected chi connectivity index (χ0v) is 8.06. The van der Waals surface area contributed by atoms with E-state index >= 15 is 0 Å². The molecule has 0 saturated carbocycles. The summed E-state index contributed by atoms with van der Waals surface area (Å²) in [7, 11) is 1.60. The maximum atomic E-state index is 10.9. The molecule has 0 bridgehead atoms. The van der Waals surface area contributed by atoms with Crippen LogP contribution in [0, 0.1) is 0 Å². The minimum Gasteiger partial charge on any atom is -0.376 e. The molecule has 1 aromatic rings. The van der Waals surface area contributed by atoms with Crippen LogP contribution in [-0.4, -0.2) is 19.5 Å². The molecule has 0 aromatic heterocycles. The van der Waals surface area contributed by atoms with Crippen LogP contribution in [0.4, 0.5) is 5.69 Å². The van der Waals surface area contributed by atoms with Gasteiger partial charge in [-0.2, -0.15) is 0 Å². The third-order valence-electron chi connectivity index (χ3n) is 1.58. The molecule has 0 aliphatic rings. The maximum absolute atomic E-state index is 10.9. The molecule has 0 heterocycles. The number of benzene rings is 1. The Bertz CT molecular complexity index is 284. The number of amides is 1. The standard InChI is InChI=1S/C9H11ClN2O/c1-11-9(13)6-12-8-4-2-7(10)3-5-8/h2-5,12H,6H2,1H3,(H,11,13). The first kappa shape index (κ1) is 9.86. The highest BCUT2D eigenvalue weighted by atomic mass is 35.5. The monoisotopic (exact) mass is 198 g/mol. The second-order valence-corrected chi connectivity index (χ2v) is 2.97. The van der Waals surface area contributed by atoms with Gasteiger partial charge in [-0.1, -0.05) is 11.6 Å². The van der Waals surface area contributed by atoms with Crippen molar-refractivity contribution in [2.75, 3.05) is 18.9 Å². The molecule has 0 fully saturated rings. The van der Waals surface area contributed by atoms with Gasteiger partial charge in [-0.05, 0) is 24.3 Å². The molecule has 0 saturated heterocycles. The molecular weight excluding hydrogens is 188 g/mol. The maximum Gasteiger partial charge on any atom is 0.239 e. The number of carbonyl (C=O) groups is 1. The van der Waals surface area contributed by atoms with Crippen molar-refractivity contribution in [1.82, 2.24) is 5.32 Å². The number of hydrogen-bond donors (Lipinski definition) is 2. The van der Waals surface area contributed by atoms with E-state index in [-0.39, 0.29) is 12.5 Å². The van der Waals surface area contributed by atoms with Crippen LogP contribution in [0.25, 0.3) is 0 Å². The van der Waals surface area contributed by atoms with Crippen molar-refractivity contribution in [3.8, 4) is 0 Å². The number of carbonyl (C=O) groups excluding carboxylic acids is 1. The fraction of sp³-hybridized carbons (Fsp3) is 0.222. The predicted molar refractivity (Wildman–Crippen MR) is 54.0 cm³/mol. The van der Waals surface area contributed by atoms with E-state index in [2.05, 4.69) is 10.6 Å². The van der Waals surface area contributed by atoms with Gasteiger partial charge in [0, 0.05) is 17.8 Å². The van der Waals surface area contributed by atoms with Gasteiger partial charge in [0.1, 0.15) is 0 Å². The van der Waals surface area contributed by atoms with Crippen LogP contribution in [-0.2, 0) is 4.79 Å². The van der Waals surface area contributed by atoms with Gasteiger partial charge in [-0.15, -0.1) is 0 Å². The molecule has 1 amide bonds. The number of anilines is 1. The Morgan fingerprint density at radius 3 is 2.54 bits per heavy atom. The molecule has 0 spiro atoms. The lowest BCUT2D eigenvalue weighted by Crippen LogP contribution is -2.26. The van der Waals surface area contributed by atoms with Crippen molar-refractivity contribution in [2.24, 2.45) is 0 Å². The second-order valence-electron chi connectivity index (χ2n) is 2.53. The quantitative estimate of drug-likeness (QED) is 0.773. The molecule has 0 aliphatic carbocycles. The highest BCUT2D eigenvalue weighted by Gasteiger charge is 1.96. The van der Waals surface area contributed by atoms with Crippen LogP contribution in [0.2, 0.25) is 5.02 Å². The van der Waals surface area contributed by atoms with Crippen LogP contribution in [0.15, 0.2) is 24.3 Å². The molecule has 0 radical (unpaired) electrons. The Labute approximate surface area is 82.1 Å². The van der Waals surface area contributed by atoms with Gasteiger partial charge >= 0.3 is 0 Å². The van der Waals surface area contributed by atoms with Crippen LogP contribution in [0.5, 0.6) is 0 Å². The van der Waals surface area contributed by atoms with E-state index in [1.54, 1.807) is 19.2 Å². The Hall–Kier alpha value is -1.22. The zero-order valence-electron chi connectivity index (χ0n) is 7.30. The fourth-order valence-corrected chi connectivity index (χ4v) is 0.964. The molecule has 70 valence electrons. The number of halogens is 1. The molecule has 0 aliphatic heterocycles. The Morgan fingerprint density at radius 2 is 2.00 bits per heavy atom. The summed E-state index contributed by atoms with van der Waals surface area (Å²) in [6, 6.07) is 7.19. The highest BCUT2D eigenvalue weighted by molar-refractivity contribution is 6.30. The average Bonchev–Trinajstić information content (AvgIpc) is 2.16. The molecule has 0 unspecified atom stereocenters. The van der Waals surface area contributed by atoms with Gasteiger partial charge < -0.3 is 10.6 Å². The summed E-state index contributed by atoms with van der Waals surface area (Å²) in [5.41, 5.74) is 0.882. The summed E-state index contributed by atoms with van der Waals surface area (Å²) >= 11 is 5.69. The zero-order chi connectivity index (χ0) is 9.68. The summed E-state index contributed by atoms with van der Waals surface area (Å²) in [6.45, 7) is 0.276. The number of rotatable bonds is 3. The molecular formula is C9H11ClN2O. The third kappa shape index (κ3) is 3.34. The largest absolute Gasteiger partial charge is 0.376 e. The summed E-state index contributed by atoms with van der Waals surface area (Å²) in [5, 5.41) is 6.16. The lowest BCUT2D eigenvalue weighted by Gasteiger charge is -2.04. The first-order valence-electron chi connectivity index (χ1n) is 3.92. The van der Waals surface area contributed by atoms with Crippen LogP contribution in [0.1, 0.15) is 0 Å². The van der Waals surface area contributed by atoms with E-state index in [0.717, 1.165) is 5.69 Å². The van der Waals surface area contributed by atoms with E-state index in [1.165, 1.54) is 0 Å². The third-order valence-corrected chi connectivity index (χ3v) is 1.83. The normalized spacial score (nSPS) is 9.38. The molecule has 13 heavy (non-hydrogen) atoms. The number of likely N-dealkylation sites (N-methyl/N-ethyl adjacent to an activating group) is 1. The van der Waals surface area contributed by atoms with Crippen molar-refractivity contribution in [3.05, 3.63) is 29.3 Å². The van der Waals surface area contributed by atoms with Crippen LogP contribution < -0.4 is 10.6 Å². The molecule has 1 rings (SSSR count). The second kappa shape index (κ2) is 4.72. The van der Waals surface area contributed by atoms with E-state index in [4.69, 9.17) is 11.6 Å². The van der Waals surface area contributed by atoms with Crippen molar-refractivity contribution in [3.63, 3.8) is 0 Å². The van der Waals surface area contributed by atoms with Gasteiger partial charge in [0.05, 0.1) is 6.54 Å². The SMILES string of the molecule is CNC(=O)CNc1ccc(Cl)cc1. The van der Waals surface area contributed by atoms with Gasteiger partial charge in [-0.3, -0.25) is 4.79 Å². The topological polar surface area (TPSA) is 41.1 Å². The Balaban J connectivity index is 2.46. The lowest BCUT2D eigenvalue weighted by molar-refractivity contribution is -0.118. The molecule has 0 atom stereocenters. The summed E-state index contributed by atoms with van der Waals surface area (Å²) in [5.74, 6) is -0.0463. The van der Waals surface area contributed by atoms with Crippen molar-refractivity contribution < 1.29 is 4.79 Å². The summed E-state index contributed by atoms with van der Waals surface area (Å²) < 4.78 is 0. The molecule has 2 N–H and O–H groups in total. The number of nitrogens with one attached hydrogen (secondary N) is 2. The molecule has 3 nitrogen and oxygen atoms in total. The smallest absolute Gasteiger partial charge is 0.239 e. The minimum absolute atomic E-state index is 0.0463. The van der Waals surface area contributed by atoms with Crippen molar-refractivity contribution in [2.45, 2.75) is 0 Å². The molecule has 1 aromatic carbocycles. The van der Waals surface area contributed by atoms with Gasteiger partial charge in [0.2, 0.25) is 5.91 Å². The Morgan fingerprint density at radius 1 is 1.38 bits per heavy atom. The van der Waals surface area contributed by atoms with Crippen molar-refractivity contribution in [1.29, 1.82) is 0 Å². The van der Waals surface area contributed by atoms with E-state index in [1.807, 2.05) is 12.1 Å². The Kier molecular flexibility index (Phi) is 3.58. The fourth-order valence-electron chi connectivity index (χ4n) is 0.838. The van der Waals surface area contributed by atoms with Crippen LogP contribution >= 0.6 is 11.6 Å². The van der Waals surface area contributed by atoms with Crippen LogP contribution in [0.3, 0.4) is 0 Å². The van der Waals surface area contributed by atoms with Gasteiger partial charge in [0.15, 0.2) is 0 Å². The average molecular weight is 199 g/mol. The lowest BCUT2D eigenvalue weighted by atomic mass is 10.3. The van der Waals surface area contributed by atoms with Gasteiger partial charge in [0.25, 0.3) is 0 Å². The first-order valence-corrected chi connectivity index (χ1v) is 4.30. The predicted octanol–water partition coefficient (Wildman–Crippen LogP) is 1.50. The van der Waals surface area contributed by atoms with Gasteiger partial charge in [-0.25, -0.2) is 0 Å². The highest BCUT2D eigenvalue weighted by Crippen LogP contribution is 2.12.